The fraction of sp³-hybridized carbons (Fsp3) is 0.250. The third-order valence-corrected chi connectivity index (χ3v) is 3.72. The minimum atomic E-state index is -3.89. The standard InChI is InChI=1S/C8H9N3O3S2.Na.H/c12-16(13,14)6-5-15-8-2-1-7-9-3-4-11(7)10-8;;/h1-4H,5-6H2,(H,12,13,14);;/q;+1;-1. The Kier molecular flexibility index (Phi) is 5.42. The Hall–Kier alpha value is -0.120. The second-order valence-electron chi connectivity index (χ2n) is 3.04. The van der Waals surface area contributed by atoms with Crippen LogP contribution in [0.15, 0.2) is 29.6 Å². The van der Waals surface area contributed by atoms with Gasteiger partial charge in [-0.25, -0.2) is 9.50 Å². The van der Waals surface area contributed by atoms with E-state index in [-0.39, 0.29) is 42.5 Å². The van der Waals surface area contributed by atoms with Crippen LogP contribution < -0.4 is 29.6 Å². The predicted octanol–water partition coefficient (Wildman–Crippen LogP) is -2.17. The minimum absolute atomic E-state index is 0. The Bertz CT molecular complexity index is 604. The summed E-state index contributed by atoms with van der Waals surface area (Å²) in [5.41, 5.74) is 0.735. The van der Waals surface area contributed by atoms with Crippen LogP contribution in [0.3, 0.4) is 0 Å². The largest absolute Gasteiger partial charge is 1.00 e. The van der Waals surface area contributed by atoms with Crippen LogP contribution in [0, 0.1) is 0 Å². The SMILES string of the molecule is O=S(=O)(O)CCSc1ccc2nccn2n1.[H-].[Na+]. The first-order valence-electron chi connectivity index (χ1n) is 4.43. The first-order chi connectivity index (χ1) is 7.54. The molecule has 0 aromatic carbocycles. The van der Waals surface area contributed by atoms with Gasteiger partial charge in [0, 0.05) is 18.1 Å². The molecular formula is C8H10N3NaO3S2. The van der Waals surface area contributed by atoms with E-state index in [4.69, 9.17) is 4.55 Å². The summed E-state index contributed by atoms with van der Waals surface area (Å²) in [7, 11) is -3.89. The van der Waals surface area contributed by atoms with Gasteiger partial charge in [-0.05, 0) is 12.1 Å². The van der Waals surface area contributed by atoms with Gasteiger partial charge in [0.1, 0.15) is 5.03 Å². The Labute approximate surface area is 126 Å². The van der Waals surface area contributed by atoms with E-state index in [1.807, 2.05) is 0 Å². The van der Waals surface area contributed by atoms with Crippen molar-refractivity contribution in [2.24, 2.45) is 0 Å². The zero-order valence-electron chi connectivity index (χ0n) is 10.1. The molecule has 2 aromatic rings. The third kappa shape index (κ3) is 4.57. The second kappa shape index (κ2) is 6.17. The molecule has 1 N–H and O–H groups in total. The van der Waals surface area contributed by atoms with Gasteiger partial charge in [-0.3, -0.25) is 4.55 Å². The molecule has 2 aromatic heterocycles. The van der Waals surface area contributed by atoms with Crippen molar-refractivity contribution >= 4 is 27.5 Å². The molecule has 0 radical (unpaired) electrons. The summed E-state index contributed by atoms with van der Waals surface area (Å²) in [5.74, 6) is -0.00660. The minimum Gasteiger partial charge on any atom is -1.00 e. The molecule has 2 heterocycles. The second-order valence-corrected chi connectivity index (χ2v) is 5.72. The van der Waals surface area contributed by atoms with Crippen molar-refractivity contribution in [3.63, 3.8) is 0 Å². The molecule has 88 valence electrons. The average Bonchev–Trinajstić information content (AvgIpc) is 2.62. The fourth-order valence-electron chi connectivity index (χ4n) is 1.13. The molecule has 0 atom stereocenters. The third-order valence-electron chi connectivity index (χ3n) is 1.82. The maximum absolute atomic E-state index is 10.5. The summed E-state index contributed by atoms with van der Waals surface area (Å²) in [6.45, 7) is 0. The van der Waals surface area contributed by atoms with Crippen molar-refractivity contribution in [2.45, 2.75) is 5.03 Å². The quantitative estimate of drug-likeness (QED) is 0.390. The summed E-state index contributed by atoms with van der Waals surface area (Å²) < 4.78 is 31.2. The van der Waals surface area contributed by atoms with Crippen LogP contribution in [0.25, 0.3) is 5.65 Å². The van der Waals surface area contributed by atoms with Crippen molar-refractivity contribution in [1.29, 1.82) is 0 Å². The number of nitrogens with zero attached hydrogens (tertiary/aromatic N) is 3. The van der Waals surface area contributed by atoms with Crippen molar-refractivity contribution in [1.82, 2.24) is 14.6 Å². The molecule has 17 heavy (non-hydrogen) atoms. The first-order valence-corrected chi connectivity index (χ1v) is 7.02. The molecule has 0 spiro atoms. The average molecular weight is 283 g/mol. The Balaban J connectivity index is 0.00000144. The van der Waals surface area contributed by atoms with Gasteiger partial charge in [-0.15, -0.1) is 11.8 Å². The van der Waals surface area contributed by atoms with E-state index in [0.717, 1.165) is 5.65 Å². The monoisotopic (exact) mass is 283 g/mol. The zero-order valence-corrected chi connectivity index (χ0v) is 12.8. The van der Waals surface area contributed by atoms with Crippen LogP contribution in [-0.2, 0) is 10.1 Å². The molecule has 0 saturated heterocycles. The van der Waals surface area contributed by atoms with Crippen LogP contribution >= 0.6 is 11.8 Å². The van der Waals surface area contributed by atoms with Gasteiger partial charge in [0.2, 0.25) is 0 Å². The number of thioether (sulfide) groups is 1. The number of imidazole rings is 1. The molecule has 0 aliphatic heterocycles. The normalized spacial score (nSPS) is 11.4. The van der Waals surface area contributed by atoms with Crippen molar-refractivity contribution in [3.8, 4) is 0 Å². The number of fused-ring (bicyclic) bond motifs is 1. The number of hydrogen-bond donors (Lipinski definition) is 1. The van der Waals surface area contributed by atoms with Crippen LogP contribution in [-0.4, -0.2) is 39.1 Å². The van der Waals surface area contributed by atoms with E-state index in [0.29, 0.717) is 5.03 Å². The maximum atomic E-state index is 10.5. The molecule has 9 heteroatoms. The zero-order chi connectivity index (χ0) is 11.6. The van der Waals surface area contributed by atoms with Crippen LogP contribution in [0.2, 0.25) is 0 Å². The molecule has 6 nitrogen and oxygen atoms in total. The predicted molar refractivity (Wildman–Crippen MR) is 61.2 cm³/mol. The molecule has 0 bridgehead atoms. The van der Waals surface area contributed by atoms with E-state index >= 15 is 0 Å². The topological polar surface area (TPSA) is 84.6 Å². The van der Waals surface area contributed by atoms with Crippen molar-refractivity contribution in [3.05, 3.63) is 24.5 Å². The molecule has 2 rings (SSSR count). The van der Waals surface area contributed by atoms with E-state index in [2.05, 4.69) is 10.1 Å². The molecular weight excluding hydrogens is 273 g/mol. The molecule has 0 amide bonds. The van der Waals surface area contributed by atoms with Gasteiger partial charge < -0.3 is 1.43 Å². The van der Waals surface area contributed by atoms with Crippen molar-refractivity contribution in [2.75, 3.05) is 11.5 Å². The van der Waals surface area contributed by atoms with Gasteiger partial charge in [-0.2, -0.15) is 13.5 Å². The van der Waals surface area contributed by atoms with Gasteiger partial charge in [0.25, 0.3) is 10.1 Å². The van der Waals surface area contributed by atoms with Gasteiger partial charge in [0.05, 0.1) is 5.75 Å². The van der Waals surface area contributed by atoms with Gasteiger partial charge in [0.15, 0.2) is 5.65 Å². The van der Waals surface area contributed by atoms with Crippen LogP contribution in [0.5, 0.6) is 0 Å². The summed E-state index contributed by atoms with van der Waals surface area (Å²) in [6.07, 6.45) is 3.34. The number of aromatic nitrogens is 3. The van der Waals surface area contributed by atoms with Crippen molar-refractivity contribution < 1.29 is 44.0 Å². The van der Waals surface area contributed by atoms with E-state index < -0.39 is 10.1 Å². The molecule has 0 saturated carbocycles. The summed E-state index contributed by atoms with van der Waals surface area (Å²) in [6, 6.07) is 3.56. The molecule has 0 aliphatic rings. The van der Waals surface area contributed by atoms with Crippen LogP contribution in [0.1, 0.15) is 1.43 Å². The maximum Gasteiger partial charge on any atom is 1.00 e. The summed E-state index contributed by atoms with van der Waals surface area (Å²) in [5, 5.41) is 4.88. The van der Waals surface area contributed by atoms with E-state index in [1.54, 1.807) is 29.0 Å². The van der Waals surface area contributed by atoms with E-state index in [9.17, 15) is 8.42 Å². The Morgan fingerprint density at radius 3 is 2.94 bits per heavy atom. The fourth-order valence-corrected chi connectivity index (χ4v) is 2.82. The molecule has 0 aliphatic carbocycles. The summed E-state index contributed by atoms with van der Waals surface area (Å²) in [4.78, 5) is 4.03. The summed E-state index contributed by atoms with van der Waals surface area (Å²) >= 11 is 1.27. The number of hydrogen-bond acceptors (Lipinski definition) is 5. The van der Waals surface area contributed by atoms with E-state index in [1.165, 1.54) is 11.8 Å². The molecule has 0 unspecified atom stereocenters. The van der Waals surface area contributed by atoms with Crippen LogP contribution in [0.4, 0.5) is 0 Å². The number of rotatable bonds is 4. The molecule has 0 fully saturated rings. The van der Waals surface area contributed by atoms with Gasteiger partial charge >= 0.3 is 29.6 Å². The van der Waals surface area contributed by atoms with Gasteiger partial charge in [-0.1, -0.05) is 0 Å². The Morgan fingerprint density at radius 1 is 1.47 bits per heavy atom. The Morgan fingerprint density at radius 2 is 2.24 bits per heavy atom. The first kappa shape index (κ1) is 14.9. The smallest absolute Gasteiger partial charge is 1.00 e.